The molecule has 0 atom stereocenters. The van der Waals surface area contributed by atoms with Gasteiger partial charge in [-0.2, -0.15) is 5.26 Å². The summed E-state index contributed by atoms with van der Waals surface area (Å²) in [4.78, 5) is 18.1. The number of amides is 1. The van der Waals surface area contributed by atoms with Crippen LogP contribution in [-0.2, 0) is 4.79 Å². The van der Waals surface area contributed by atoms with Crippen molar-refractivity contribution >= 4 is 39.3 Å². The highest BCUT2D eigenvalue weighted by Gasteiger charge is 2.19. The molecule has 2 aromatic carbocycles. The summed E-state index contributed by atoms with van der Waals surface area (Å²) in [5, 5.41) is 8.93. The molecular weight excluding hydrogens is 422 g/mol. The topological polar surface area (TPSA) is 47.3 Å². The molecule has 3 rings (SSSR count). The second kappa shape index (κ2) is 9.29. The summed E-state index contributed by atoms with van der Waals surface area (Å²) in [5.41, 5.74) is 2.97. The third-order valence-corrected chi connectivity index (χ3v) is 6.35. The third-order valence-electron chi connectivity index (χ3n) is 4.70. The highest BCUT2D eigenvalue weighted by atomic mass is 79.9. The van der Waals surface area contributed by atoms with Crippen LogP contribution in [0.1, 0.15) is 17.5 Å². The van der Waals surface area contributed by atoms with E-state index in [1.807, 2.05) is 35.2 Å². The first kappa shape index (κ1) is 19.8. The lowest BCUT2D eigenvalue weighted by molar-refractivity contribution is -0.128. The fourth-order valence-electron chi connectivity index (χ4n) is 3.18. The van der Waals surface area contributed by atoms with E-state index in [4.69, 9.17) is 5.26 Å². The third kappa shape index (κ3) is 5.27. The number of benzene rings is 2. The number of rotatable bonds is 4. The Hall–Kier alpha value is -1.97. The maximum atomic E-state index is 12.7. The van der Waals surface area contributed by atoms with Crippen molar-refractivity contribution in [1.82, 2.24) is 4.90 Å². The monoisotopic (exact) mass is 443 g/mol. The van der Waals surface area contributed by atoms with Gasteiger partial charge in [0.25, 0.3) is 0 Å². The van der Waals surface area contributed by atoms with Crippen molar-refractivity contribution in [2.45, 2.75) is 18.2 Å². The van der Waals surface area contributed by atoms with Crippen molar-refractivity contribution in [2.24, 2.45) is 0 Å². The summed E-state index contributed by atoms with van der Waals surface area (Å²) in [5.74, 6) is 0.670. The van der Waals surface area contributed by atoms with Gasteiger partial charge in [-0.25, -0.2) is 0 Å². The number of halogens is 1. The molecule has 1 fully saturated rings. The molecule has 1 aliphatic rings. The van der Waals surface area contributed by atoms with Crippen LogP contribution < -0.4 is 4.90 Å². The minimum Gasteiger partial charge on any atom is -0.370 e. The van der Waals surface area contributed by atoms with Gasteiger partial charge >= 0.3 is 0 Å². The highest BCUT2D eigenvalue weighted by molar-refractivity contribution is 9.10. The number of carbonyl (C=O) groups is 1. The Kier molecular flexibility index (Phi) is 6.81. The first-order valence-electron chi connectivity index (χ1n) is 8.98. The lowest BCUT2D eigenvalue weighted by Gasteiger charge is -2.23. The molecule has 1 amide bonds. The van der Waals surface area contributed by atoms with Crippen LogP contribution in [0.4, 0.5) is 5.69 Å². The van der Waals surface area contributed by atoms with Crippen LogP contribution in [-0.4, -0.2) is 42.7 Å². The van der Waals surface area contributed by atoms with Gasteiger partial charge in [-0.3, -0.25) is 4.79 Å². The van der Waals surface area contributed by atoms with E-state index in [0.29, 0.717) is 11.3 Å². The summed E-state index contributed by atoms with van der Waals surface area (Å²) in [6, 6.07) is 16.0. The summed E-state index contributed by atoms with van der Waals surface area (Å²) >= 11 is 5.08. The second-order valence-corrected chi connectivity index (χ2v) is 8.51. The number of hydrogen-bond donors (Lipinski definition) is 0. The van der Waals surface area contributed by atoms with Crippen molar-refractivity contribution in [3.8, 4) is 6.07 Å². The average molecular weight is 444 g/mol. The quantitative estimate of drug-likeness (QED) is 0.654. The van der Waals surface area contributed by atoms with Crippen LogP contribution in [0.2, 0.25) is 0 Å². The van der Waals surface area contributed by atoms with E-state index in [1.165, 1.54) is 5.56 Å². The lowest BCUT2D eigenvalue weighted by atomic mass is 10.2. The minimum atomic E-state index is 0.198. The van der Waals surface area contributed by atoms with Crippen LogP contribution in [0, 0.1) is 18.3 Å². The lowest BCUT2D eigenvalue weighted by Crippen LogP contribution is -2.36. The highest BCUT2D eigenvalue weighted by Crippen LogP contribution is 2.26. The Labute approximate surface area is 173 Å². The van der Waals surface area contributed by atoms with Crippen molar-refractivity contribution in [3.63, 3.8) is 0 Å². The zero-order chi connectivity index (χ0) is 19.2. The van der Waals surface area contributed by atoms with E-state index >= 15 is 0 Å². The van der Waals surface area contributed by atoms with E-state index < -0.39 is 0 Å². The van der Waals surface area contributed by atoms with E-state index in [9.17, 15) is 4.79 Å². The molecule has 0 N–H and O–H groups in total. The van der Waals surface area contributed by atoms with E-state index in [-0.39, 0.29) is 5.91 Å². The smallest absolute Gasteiger partial charge is 0.232 e. The number of thioether (sulfide) groups is 1. The molecule has 0 aliphatic carbocycles. The molecule has 1 heterocycles. The van der Waals surface area contributed by atoms with Crippen molar-refractivity contribution < 1.29 is 4.79 Å². The van der Waals surface area contributed by atoms with Crippen LogP contribution in [0.25, 0.3) is 0 Å². The molecule has 6 heteroatoms. The molecule has 0 unspecified atom stereocenters. The normalized spacial score (nSPS) is 14.6. The van der Waals surface area contributed by atoms with Gasteiger partial charge in [-0.1, -0.05) is 15.9 Å². The number of nitriles is 1. The van der Waals surface area contributed by atoms with Crippen molar-refractivity contribution in [2.75, 3.05) is 36.8 Å². The fraction of sp³-hybridized carbons (Fsp3) is 0.333. The van der Waals surface area contributed by atoms with E-state index in [1.54, 1.807) is 11.8 Å². The van der Waals surface area contributed by atoms with Crippen LogP contribution >= 0.6 is 27.7 Å². The molecule has 1 aliphatic heterocycles. The zero-order valence-electron chi connectivity index (χ0n) is 15.3. The standard InChI is InChI=1S/C21H22BrN3OS/c1-16-13-18(22)5-8-20(16)27-15-21(26)25-10-2-9-24(11-12-25)19-6-3-17(14-23)4-7-19/h3-8,13H,2,9-12,15H2,1H3. The molecule has 0 aromatic heterocycles. The summed E-state index contributed by atoms with van der Waals surface area (Å²) in [6.07, 6.45) is 0.952. The molecule has 140 valence electrons. The molecule has 0 radical (unpaired) electrons. The Morgan fingerprint density at radius 3 is 2.63 bits per heavy atom. The number of aryl methyl sites for hydroxylation is 1. The number of anilines is 1. The molecule has 0 spiro atoms. The van der Waals surface area contributed by atoms with Gasteiger partial charge in [0.1, 0.15) is 0 Å². The van der Waals surface area contributed by atoms with Crippen molar-refractivity contribution in [1.29, 1.82) is 5.26 Å². The van der Waals surface area contributed by atoms with Gasteiger partial charge < -0.3 is 9.80 Å². The van der Waals surface area contributed by atoms with Crippen LogP contribution in [0.5, 0.6) is 0 Å². The summed E-state index contributed by atoms with van der Waals surface area (Å²) < 4.78 is 1.06. The molecule has 0 bridgehead atoms. The molecule has 27 heavy (non-hydrogen) atoms. The van der Waals surface area contributed by atoms with Gasteiger partial charge in [-0.05, 0) is 61.4 Å². The van der Waals surface area contributed by atoms with Gasteiger partial charge in [0.15, 0.2) is 0 Å². The molecule has 4 nitrogen and oxygen atoms in total. The zero-order valence-corrected chi connectivity index (χ0v) is 17.7. The van der Waals surface area contributed by atoms with Gasteiger partial charge in [-0.15, -0.1) is 11.8 Å². The van der Waals surface area contributed by atoms with Crippen LogP contribution in [0.15, 0.2) is 51.8 Å². The SMILES string of the molecule is Cc1cc(Br)ccc1SCC(=O)N1CCCN(c2ccc(C#N)cc2)CC1. The number of nitrogens with zero attached hydrogens (tertiary/aromatic N) is 3. The van der Waals surface area contributed by atoms with Crippen molar-refractivity contribution in [3.05, 3.63) is 58.1 Å². The Morgan fingerprint density at radius 1 is 1.15 bits per heavy atom. The summed E-state index contributed by atoms with van der Waals surface area (Å²) in [6.45, 7) is 5.34. The van der Waals surface area contributed by atoms with E-state index in [0.717, 1.165) is 47.7 Å². The number of hydrogen-bond acceptors (Lipinski definition) is 4. The maximum Gasteiger partial charge on any atom is 0.232 e. The Bertz CT molecular complexity index is 847. The predicted octanol–water partition coefficient (Wildman–Crippen LogP) is 4.46. The average Bonchev–Trinajstić information content (AvgIpc) is 2.93. The maximum absolute atomic E-state index is 12.7. The predicted molar refractivity (Wildman–Crippen MR) is 114 cm³/mol. The van der Waals surface area contributed by atoms with Gasteiger partial charge in [0.2, 0.25) is 5.91 Å². The molecule has 1 saturated heterocycles. The van der Waals surface area contributed by atoms with E-state index in [2.05, 4.69) is 46.0 Å². The number of carbonyl (C=O) groups excluding carboxylic acids is 1. The molecule has 0 saturated carbocycles. The molecule has 2 aromatic rings. The first-order chi connectivity index (χ1) is 13.1. The first-order valence-corrected chi connectivity index (χ1v) is 10.8. The van der Waals surface area contributed by atoms with Gasteiger partial charge in [0, 0.05) is 41.2 Å². The molecular formula is C21H22BrN3OS. The Morgan fingerprint density at radius 2 is 1.93 bits per heavy atom. The largest absolute Gasteiger partial charge is 0.370 e. The Balaban J connectivity index is 1.55. The van der Waals surface area contributed by atoms with Gasteiger partial charge in [0.05, 0.1) is 17.4 Å². The second-order valence-electron chi connectivity index (χ2n) is 6.58. The fourth-order valence-corrected chi connectivity index (χ4v) is 4.57. The van der Waals surface area contributed by atoms with Crippen LogP contribution in [0.3, 0.4) is 0 Å². The summed E-state index contributed by atoms with van der Waals surface area (Å²) in [7, 11) is 0. The minimum absolute atomic E-state index is 0.198.